The van der Waals surface area contributed by atoms with E-state index in [0.717, 1.165) is 5.56 Å². The van der Waals surface area contributed by atoms with E-state index in [1.165, 1.54) is 11.8 Å². The molecule has 1 saturated heterocycles. The maximum Gasteiger partial charge on any atom is 0.247 e. The molecule has 2 rings (SSSR count). The zero-order valence-electron chi connectivity index (χ0n) is 10.8. The second-order valence-corrected chi connectivity index (χ2v) is 4.57. The number of hydrogen-bond acceptors (Lipinski definition) is 3. The van der Waals surface area contributed by atoms with Gasteiger partial charge in [-0.1, -0.05) is 30.3 Å². The van der Waals surface area contributed by atoms with Crippen molar-refractivity contribution < 1.29 is 14.4 Å². The van der Waals surface area contributed by atoms with Crippen LogP contribution in [0.25, 0.3) is 0 Å². The fourth-order valence-corrected chi connectivity index (χ4v) is 2.22. The highest BCUT2D eigenvalue weighted by molar-refractivity contribution is 5.99. The summed E-state index contributed by atoms with van der Waals surface area (Å²) < 4.78 is 0. The van der Waals surface area contributed by atoms with Crippen molar-refractivity contribution in [3.63, 3.8) is 0 Å². The summed E-state index contributed by atoms with van der Waals surface area (Å²) in [6.45, 7) is 2.22. The molecule has 0 bridgehead atoms. The van der Waals surface area contributed by atoms with Gasteiger partial charge >= 0.3 is 0 Å². The third-order valence-corrected chi connectivity index (χ3v) is 3.05. The Morgan fingerprint density at radius 3 is 2.63 bits per heavy atom. The maximum atomic E-state index is 12.1. The molecule has 1 aromatic carbocycles. The summed E-state index contributed by atoms with van der Waals surface area (Å²) in [5.74, 6) is -0.687. The quantitative estimate of drug-likeness (QED) is 0.812. The molecule has 1 aliphatic rings. The lowest BCUT2D eigenvalue weighted by atomic mass is 10.0. The summed E-state index contributed by atoms with van der Waals surface area (Å²) in [4.78, 5) is 36.6. The lowest BCUT2D eigenvalue weighted by molar-refractivity contribution is -0.145. The Morgan fingerprint density at radius 2 is 2.00 bits per heavy atom. The van der Waals surface area contributed by atoms with Crippen LogP contribution in [-0.2, 0) is 14.4 Å². The molecule has 1 unspecified atom stereocenters. The van der Waals surface area contributed by atoms with Gasteiger partial charge in [-0.15, -0.1) is 0 Å². The minimum absolute atomic E-state index is 0.156. The molecule has 5 nitrogen and oxygen atoms in total. The lowest BCUT2D eigenvalue weighted by Gasteiger charge is -2.35. The largest absolute Gasteiger partial charge is 0.352 e. The van der Waals surface area contributed by atoms with Gasteiger partial charge in [0.2, 0.25) is 11.8 Å². The maximum absolute atomic E-state index is 12.1. The minimum atomic E-state index is -0.637. The Hall–Kier alpha value is -2.17. The average Bonchev–Trinajstić information content (AvgIpc) is 2.38. The number of amides is 2. The molecule has 2 amide bonds. The van der Waals surface area contributed by atoms with Crippen molar-refractivity contribution in [1.82, 2.24) is 10.2 Å². The molecule has 1 atom stereocenters. The van der Waals surface area contributed by atoms with E-state index in [4.69, 9.17) is 0 Å². The number of hydrogen-bond donors (Lipinski definition) is 1. The first-order valence-electron chi connectivity index (χ1n) is 6.21. The van der Waals surface area contributed by atoms with Crippen LogP contribution in [-0.4, -0.2) is 35.6 Å². The fourth-order valence-electron chi connectivity index (χ4n) is 2.22. The highest BCUT2D eigenvalue weighted by atomic mass is 16.2. The zero-order chi connectivity index (χ0) is 13.8. The van der Waals surface area contributed by atoms with Gasteiger partial charge in [-0.25, -0.2) is 0 Å². The van der Waals surface area contributed by atoms with E-state index >= 15 is 0 Å². The Kier molecular flexibility index (Phi) is 3.94. The summed E-state index contributed by atoms with van der Waals surface area (Å²) in [5.41, 5.74) is 0.761. The molecule has 1 N–H and O–H groups in total. The fraction of sp³-hybridized carbons (Fsp3) is 0.357. The average molecular weight is 260 g/mol. The smallest absolute Gasteiger partial charge is 0.247 e. The van der Waals surface area contributed by atoms with Gasteiger partial charge in [-0.3, -0.25) is 14.4 Å². The van der Waals surface area contributed by atoms with E-state index in [9.17, 15) is 14.4 Å². The topological polar surface area (TPSA) is 66.5 Å². The first-order chi connectivity index (χ1) is 9.09. The van der Waals surface area contributed by atoms with Crippen LogP contribution in [0.1, 0.15) is 24.9 Å². The van der Waals surface area contributed by atoms with Crippen molar-refractivity contribution in [3.8, 4) is 0 Å². The number of rotatable bonds is 3. The molecule has 0 saturated carbocycles. The lowest BCUT2D eigenvalue weighted by Crippen LogP contribution is -2.52. The number of carbonyl (C=O) groups is 3. The van der Waals surface area contributed by atoms with E-state index in [1.54, 1.807) is 0 Å². The van der Waals surface area contributed by atoms with E-state index in [1.807, 2.05) is 30.3 Å². The standard InChI is InChI=1S/C14H16N2O3/c1-10(17)9-12(18)16-8-7-15-14(19)13(16)11-5-3-2-4-6-11/h2-6,13H,7-9H2,1H3,(H,15,19). The van der Waals surface area contributed by atoms with Crippen LogP contribution in [0.5, 0.6) is 0 Å². The van der Waals surface area contributed by atoms with E-state index in [-0.39, 0.29) is 24.0 Å². The van der Waals surface area contributed by atoms with Gasteiger partial charge in [-0.2, -0.15) is 0 Å². The molecular formula is C14H16N2O3. The second-order valence-electron chi connectivity index (χ2n) is 4.57. The van der Waals surface area contributed by atoms with Crippen molar-refractivity contribution >= 4 is 17.6 Å². The zero-order valence-corrected chi connectivity index (χ0v) is 10.8. The SMILES string of the molecule is CC(=O)CC(=O)N1CCNC(=O)C1c1ccccc1. The van der Waals surface area contributed by atoms with Gasteiger partial charge in [0.15, 0.2) is 0 Å². The monoisotopic (exact) mass is 260 g/mol. The van der Waals surface area contributed by atoms with Gasteiger partial charge in [0, 0.05) is 13.1 Å². The van der Waals surface area contributed by atoms with Gasteiger partial charge in [-0.05, 0) is 12.5 Å². The molecule has 0 spiro atoms. The number of ketones is 1. The molecule has 0 aromatic heterocycles. The van der Waals surface area contributed by atoms with Crippen LogP contribution in [0, 0.1) is 0 Å². The predicted molar refractivity (Wildman–Crippen MR) is 69.2 cm³/mol. The summed E-state index contributed by atoms with van der Waals surface area (Å²) in [6.07, 6.45) is -0.156. The van der Waals surface area contributed by atoms with Gasteiger partial charge < -0.3 is 10.2 Å². The summed E-state index contributed by atoms with van der Waals surface area (Å²) >= 11 is 0. The summed E-state index contributed by atoms with van der Waals surface area (Å²) in [7, 11) is 0. The van der Waals surface area contributed by atoms with E-state index < -0.39 is 6.04 Å². The molecular weight excluding hydrogens is 244 g/mol. The van der Waals surface area contributed by atoms with Crippen LogP contribution >= 0.6 is 0 Å². The Bertz CT molecular complexity index is 499. The van der Waals surface area contributed by atoms with Crippen molar-refractivity contribution in [1.29, 1.82) is 0 Å². The van der Waals surface area contributed by atoms with Crippen molar-refractivity contribution in [2.45, 2.75) is 19.4 Å². The molecule has 5 heteroatoms. The van der Waals surface area contributed by atoms with Crippen LogP contribution in [0.4, 0.5) is 0 Å². The Morgan fingerprint density at radius 1 is 1.32 bits per heavy atom. The molecule has 1 aromatic rings. The molecule has 19 heavy (non-hydrogen) atoms. The molecule has 1 fully saturated rings. The van der Waals surface area contributed by atoms with E-state index in [0.29, 0.717) is 13.1 Å². The molecule has 1 aliphatic heterocycles. The first kappa shape index (κ1) is 13.3. The second kappa shape index (κ2) is 5.65. The predicted octanol–water partition coefficient (Wildman–Crippen LogP) is 0.665. The number of carbonyl (C=O) groups excluding carboxylic acids is 3. The van der Waals surface area contributed by atoms with Gasteiger partial charge in [0.05, 0.1) is 6.42 Å². The number of piperazine rings is 1. The third-order valence-electron chi connectivity index (χ3n) is 3.05. The van der Waals surface area contributed by atoms with Crippen LogP contribution in [0.15, 0.2) is 30.3 Å². The Labute approximate surface area is 111 Å². The number of nitrogens with zero attached hydrogens (tertiary/aromatic N) is 1. The number of Topliss-reactive ketones (excluding diaryl/α,β-unsaturated/α-hetero) is 1. The third kappa shape index (κ3) is 2.99. The van der Waals surface area contributed by atoms with Gasteiger partial charge in [0.25, 0.3) is 0 Å². The molecule has 0 aliphatic carbocycles. The molecule has 1 heterocycles. The van der Waals surface area contributed by atoms with Crippen LogP contribution < -0.4 is 5.32 Å². The highest BCUT2D eigenvalue weighted by Gasteiger charge is 2.34. The van der Waals surface area contributed by atoms with Crippen molar-refractivity contribution in [2.75, 3.05) is 13.1 Å². The molecule has 0 radical (unpaired) electrons. The normalized spacial score (nSPS) is 18.9. The summed E-state index contributed by atoms with van der Waals surface area (Å²) in [5, 5.41) is 2.75. The van der Waals surface area contributed by atoms with Crippen LogP contribution in [0.2, 0.25) is 0 Å². The highest BCUT2D eigenvalue weighted by Crippen LogP contribution is 2.23. The minimum Gasteiger partial charge on any atom is -0.352 e. The van der Waals surface area contributed by atoms with Crippen LogP contribution in [0.3, 0.4) is 0 Å². The van der Waals surface area contributed by atoms with Crippen molar-refractivity contribution in [2.24, 2.45) is 0 Å². The number of benzene rings is 1. The number of nitrogens with one attached hydrogen (secondary N) is 1. The van der Waals surface area contributed by atoms with Crippen molar-refractivity contribution in [3.05, 3.63) is 35.9 Å². The van der Waals surface area contributed by atoms with Gasteiger partial charge in [0.1, 0.15) is 11.8 Å². The Balaban J connectivity index is 2.27. The molecule has 100 valence electrons. The first-order valence-corrected chi connectivity index (χ1v) is 6.21. The summed E-state index contributed by atoms with van der Waals surface area (Å²) in [6, 6.07) is 8.48. The van der Waals surface area contributed by atoms with E-state index in [2.05, 4.69) is 5.32 Å².